The second kappa shape index (κ2) is 4.33. The summed E-state index contributed by atoms with van der Waals surface area (Å²) in [6, 6.07) is 0.745. The standard InChI is InChI=1S/C11H19N3O/c1-8-11(6-12-10-4-5-10)9(2)14(13-8)7-15-3/h10,12H,4-7H2,1-3H3. The Labute approximate surface area is 90.6 Å². The van der Waals surface area contributed by atoms with Gasteiger partial charge in [-0.05, 0) is 26.7 Å². The van der Waals surface area contributed by atoms with Gasteiger partial charge < -0.3 is 10.1 Å². The van der Waals surface area contributed by atoms with Gasteiger partial charge in [0.1, 0.15) is 6.73 Å². The first kappa shape index (κ1) is 10.6. The lowest BCUT2D eigenvalue weighted by Gasteiger charge is -2.04. The highest BCUT2D eigenvalue weighted by molar-refractivity contribution is 5.24. The SMILES string of the molecule is COCn1nc(C)c(CNC2CC2)c1C. The zero-order chi connectivity index (χ0) is 10.8. The summed E-state index contributed by atoms with van der Waals surface area (Å²) in [6.45, 7) is 5.63. The summed E-state index contributed by atoms with van der Waals surface area (Å²) in [5, 5.41) is 7.97. The molecule has 1 aromatic heterocycles. The van der Waals surface area contributed by atoms with E-state index in [0.29, 0.717) is 6.73 Å². The van der Waals surface area contributed by atoms with Crippen LogP contribution in [0, 0.1) is 13.8 Å². The fourth-order valence-electron chi connectivity index (χ4n) is 1.77. The third kappa shape index (κ3) is 2.38. The molecule has 0 bridgehead atoms. The van der Waals surface area contributed by atoms with Crippen molar-refractivity contribution in [3.8, 4) is 0 Å². The van der Waals surface area contributed by atoms with Crippen LogP contribution in [0.1, 0.15) is 29.8 Å². The molecule has 0 amide bonds. The van der Waals surface area contributed by atoms with Crippen LogP contribution in [0.4, 0.5) is 0 Å². The molecule has 84 valence electrons. The van der Waals surface area contributed by atoms with Gasteiger partial charge in [0.05, 0.1) is 5.69 Å². The summed E-state index contributed by atoms with van der Waals surface area (Å²) in [4.78, 5) is 0. The van der Waals surface area contributed by atoms with Gasteiger partial charge >= 0.3 is 0 Å². The van der Waals surface area contributed by atoms with Gasteiger partial charge in [0.25, 0.3) is 0 Å². The van der Waals surface area contributed by atoms with Crippen molar-refractivity contribution in [2.45, 2.75) is 46.0 Å². The van der Waals surface area contributed by atoms with E-state index in [0.717, 1.165) is 18.3 Å². The average Bonchev–Trinajstić information content (AvgIpc) is 2.97. The van der Waals surface area contributed by atoms with Gasteiger partial charge in [0.15, 0.2) is 0 Å². The van der Waals surface area contributed by atoms with Crippen molar-refractivity contribution in [1.82, 2.24) is 15.1 Å². The Kier molecular flexibility index (Phi) is 3.07. The lowest BCUT2D eigenvalue weighted by molar-refractivity contribution is 0.118. The molecule has 0 saturated heterocycles. The smallest absolute Gasteiger partial charge is 0.139 e. The predicted octanol–water partition coefficient (Wildman–Crippen LogP) is 1.36. The molecule has 0 spiro atoms. The molecule has 0 aromatic carbocycles. The average molecular weight is 209 g/mol. The maximum Gasteiger partial charge on any atom is 0.139 e. The van der Waals surface area contributed by atoms with Gasteiger partial charge in [-0.25, -0.2) is 4.68 Å². The zero-order valence-corrected chi connectivity index (χ0v) is 9.71. The van der Waals surface area contributed by atoms with E-state index in [4.69, 9.17) is 4.74 Å². The molecule has 1 aliphatic carbocycles. The number of hydrogen-bond acceptors (Lipinski definition) is 3. The fourth-order valence-corrected chi connectivity index (χ4v) is 1.77. The molecular formula is C11H19N3O. The molecular weight excluding hydrogens is 190 g/mol. The third-order valence-corrected chi connectivity index (χ3v) is 2.93. The Morgan fingerprint density at radius 3 is 2.80 bits per heavy atom. The minimum absolute atomic E-state index is 0.538. The Balaban J connectivity index is 2.06. The van der Waals surface area contributed by atoms with Crippen LogP contribution in [0.3, 0.4) is 0 Å². The summed E-state index contributed by atoms with van der Waals surface area (Å²) < 4.78 is 7.01. The first-order chi connectivity index (χ1) is 7.22. The quantitative estimate of drug-likeness (QED) is 0.795. The molecule has 0 atom stereocenters. The monoisotopic (exact) mass is 209 g/mol. The van der Waals surface area contributed by atoms with Crippen LogP contribution in [-0.2, 0) is 18.0 Å². The summed E-state index contributed by atoms with van der Waals surface area (Å²) in [7, 11) is 1.69. The maximum atomic E-state index is 5.10. The van der Waals surface area contributed by atoms with Crippen LogP contribution in [0.5, 0.6) is 0 Å². The van der Waals surface area contributed by atoms with Crippen LogP contribution < -0.4 is 5.32 Å². The number of aromatic nitrogens is 2. The number of aryl methyl sites for hydroxylation is 1. The minimum Gasteiger partial charge on any atom is -0.362 e. The lowest BCUT2D eigenvalue weighted by atomic mass is 10.2. The number of ether oxygens (including phenoxy) is 1. The Morgan fingerprint density at radius 1 is 1.47 bits per heavy atom. The van der Waals surface area contributed by atoms with E-state index in [1.165, 1.54) is 24.1 Å². The van der Waals surface area contributed by atoms with Gasteiger partial charge in [-0.2, -0.15) is 5.10 Å². The van der Waals surface area contributed by atoms with E-state index >= 15 is 0 Å². The predicted molar refractivity (Wildman–Crippen MR) is 58.6 cm³/mol. The van der Waals surface area contributed by atoms with Gasteiger partial charge in [-0.1, -0.05) is 0 Å². The van der Waals surface area contributed by atoms with Crippen molar-refractivity contribution >= 4 is 0 Å². The second-order valence-corrected chi connectivity index (χ2v) is 4.22. The van der Waals surface area contributed by atoms with Crippen LogP contribution in [0.2, 0.25) is 0 Å². The summed E-state index contributed by atoms with van der Waals surface area (Å²) in [5.41, 5.74) is 3.64. The molecule has 0 unspecified atom stereocenters. The third-order valence-electron chi connectivity index (χ3n) is 2.93. The summed E-state index contributed by atoms with van der Waals surface area (Å²) in [5.74, 6) is 0. The van der Waals surface area contributed by atoms with Crippen LogP contribution in [-0.4, -0.2) is 22.9 Å². The summed E-state index contributed by atoms with van der Waals surface area (Å²) in [6.07, 6.45) is 2.65. The number of rotatable bonds is 5. The first-order valence-electron chi connectivity index (χ1n) is 5.47. The van der Waals surface area contributed by atoms with Gasteiger partial charge in [-0.15, -0.1) is 0 Å². The number of methoxy groups -OCH3 is 1. The van der Waals surface area contributed by atoms with Crippen molar-refractivity contribution in [2.75, 3.05) is 7.11 Å². The van der Waals surface area contributed by atoms with Crippen LogP contribution in [0.15, 0.2) is 0 Å². The molecule has 1 heterocycles. The molecule has 2 rings (SSSR count). The molecule has 1 saturated carbocycles. The lowest BCUT2D eigenvalue weighted by Crippen LogP contribution is -2.16. The van der Waals surface area contributed by atoms with E-state index in [9.17, 15) is 0 Å². The molecule has 0 aliphatic heterocycles. The highest BCUT2D eigenvalue weighted by Gasteiger charge is 2.21. The van der Waals surface area contributed by atoms with Crippen molar-refractivity contribution in [3.63, 3.8) is 0 Å². The van der Waals surface area contributed by atoms with Gasteiger partial charge in [0, 0.05) is 31.0 Å². The Morgan fingerprint density at radius 2 is 2.20 bits per heavy atom. The van der Waals surface area contributed by atoms with Gasteiger partial charge in [-0.3, -0.25) is 0 Å². The van der Waals surface area contributed by atoms with Crippen molar-refractivity contribution in [2.24, 2.45) is 0 Å². The normalized spacial score (nSPS) is 15.9. The van der Waals surface area contributed by atoms with E-state index in [2.05, 4.69) is 24.3 Å². The van der Waals surface area contributed by atoms with Crippen molar-refractivity contribution in [3.05, 3.63) is 17.0 Å². The highest BCUT2D eigenvalue weighted by atomic mass is 16.5. The summed E-state index contributed by atoms with van der Waals surface area (Å²) >= 11 is 0. The fraction of sp³-hybridized carbons (Fsp3) is 0.727. The Hall–Kier alpha value is -0.870. The molecule has 4 nitrogen and oxygen atoms in total. The topological polar surface area (TPSA) is 39.1 Å². The van der Waals surface area contributed by atoms with E-state index in [-0.39, 0.29) is 0 Å². The second-order valence-electron chi connectivity index (χ2n) is 4.22. The van der Waals surface area contributed by atoms with Crippen LogP contribution >= 0.6 is 0 Å². The van der Waals surface area contributed by atoms with Crippen LogP contribution in [0.25, 0.3) is 0 Å². The van der Waals surface area contributed by atoms with E-state index in [1.807, 2.05) is 4.68 Å². The molecule has 15 heavy (non-hydrogen) atoms. The molecule has 1 aliphatic rings. The van der Waals surface area contributed by atoms with E-state index < -0.39 is 0 Å². The zero-order valence-electron chi connectivity index (χ0n) is 9.71. The Bertz CT molecular complexity index is 342. The number of hydrogen-bond donors (Lipinski definition) is 1. The largest absolute Gasteiger partial charge is 0.362 e. The van der Waals surface area contributed by atoms with Gasteiger partial charge in [0.2, 0.25) is 0 Å². The molecule has 0 radical (unpaired) electrons. The number of nitrogens with zero attached hydrogens (tertiary/aromatic N) is 2. The first-order valence-corrected chi connectivity index (χ1v) is 5.47. The molecule has 1 fully saturated rings. The molecule has 1 aromatic rings. The molecule has 4 heteroatoms. The minimum atomic E-state index is 0.538. The maximum absolute atomic E-state index is 5.10. The molecule has 1 N–H and O–H groups in total. The highest BCUT2D eigenvalue weighted by Crippen LogP contribution is 2.20. The van der Waals surface area contributed by atoms with E-state index in [1.54, 1.807) is 7.11 Å². The van der Waals surface area contributed by atoms with Crippen molar-refractivity contribution < 1.29 is 4.74 Å². The van der Waals surface area contributed by atoms with Crippen molar-refractivity contribution in [1.29, 1.82) is 0 Å². The number of nitrogens with one attached hydrogen (secondary N) is 1.